The molecule has 1 aromatic carbocycles. The van der Waals surface area contributed by atoms with E-state index in [1.54, 1.807) is 24.3 Å². The molecule has 1 aliphatic rings. The summed E-state index contributed by atoms with van der Waals surface area (Å²) in [6, 6.07) is 7.16. The molecule has 0 bridgehead atoms. The molecule has 0 aromatic heterocycles. The fourth-order valence-corrected chi connectivity index (χ4v) is 2.41. The van der Waals surface area contributed by atoms with Crippen LogP contribution >= 0.6 is 11.6 Å². The van der Waals surface area contributed by atoms with E-state index in [0.717, 1.165) is 12.1 Å². The van der Waals surface area contributed by atoms with Crippen molar-refractivity contribution >= 4 is 23.3 Å². The summed E-state index contributed by atoms with van der Waals surface area (Å²) in [5, 5.41) is 3.53. The van der Waals surface area contributed by atoms with E-state index in [9.17, 15) is 4.79 Å². The molecule has 1 aliphatic heterocycles. The number of hydrogen-bond acceptors (Lipinski definition) is 2. The zero-order valence-corrected chi connectivity index (χ0v) is 12.1. The molecule has 0 aliphatic carbocycles. The van der Waals surface area contributed by atoms with Gasteiger partial charge in [0.15, 0.2) is 0 Å². The number of carbonyl (C=O) groups excluding carboxylic acids is 1. The molecule has 1 fully saturated rings. The molecule has 1 saturated heterocycles. The first-order valence-corrected chi connectivity index (χ1v) is 6.83. The van der Waals surface area contributed by atoms with Crippen molar-refractivity contribution < 1.29 is 4.79 Å². The van der Waals surface area contributed by atoms with Crippen LogP contribution in [0.2, 0.25) is 5.02 Å². The first kappa shape index (κ1) is 14.2. The molecule has 2 rings (SSSR count). The lowest BCUT2D eigenvalue weighted by molar-refractivity contribution is 0.118. The Balaban J connectivity index is 1.99. The minimum atomic E-state index is -0.0812. The van der Waals surface area contributed by atoms with E-state index in [-0.39, 0.29) is 17.5 Å². The van der Waals surface area contributed by atoms with E-state index < -0.39 is 0 Å². The van der Waals surface area contributed by atoms with Gasteiger partial charge in [0.1, 0.15) is 0 Å². The van der Waals surface area contributed by atoms with E-state index in [1.165, 1.54) is 0 Å². The summed E-state index contributed by atoms with van der Waals surface area (Å²) >= 11 is 5.81. The molecule has 3 N–H and O–H groups in total. The maximum atomic E-state index is 12.2. The van der Waals surface area contributed by atoms with E-state index in [0.29, 0.717) is 18.1 Å². The maximum absolute atomic E-state index is 12.2. The highest BCUT2D eigenvalue weighted by molar-refractivity contribution is 6.30. The molecule has 1 heterocycles. The number of rotatable bonds is 1. The highest BCUT2D eigenvalue weighted by Crippen LogP contribution is 2.28. The molecule has 0 spiro atoms. The highest BCUT2D eigenvalue weighted by atomic mass is 35.5. The number of carbonyl (C=O) groups is 1. The van der Waals surface area contributed by atoms with Gasteiger partial charge in [-0.15, -0.1) is 0 Å². The summed E-state index contributed by atoms with van der Waals surface area (Å²) in [6.07, 6.45) is 0.834. The van der Waals surface area contributed by atoms with Gasteiger partial charge in [0.25, 0.3) is 0 Å². The molecule has 2 amide bonds. The topological polar surface area (TPSA) is 58.4 Å². The third-order valence-electron chi connectivity index (χ3n) is 3.69. The number of amides is 2. The van der Waals surface area contributed by atoms with Crippen molar-refractivity contribution in [1.29, 1.82) is 0 Å². The van der Waals surface area contributed by atoms with Crippen LogP contribution in [-0.2, 0) is 0 Å². The first-order chi connectivity index (χ1) is 8.88. The van der Waals surface area contributed by atoms with Crippen LogP contribution in [0.3, 0.4) is 0 Å². The van der Waals surface area contributed by atoms with Gasteiger partial charge in [0.05, 0.1) is 0 Å². The van der Waals surface area contributed by atoms with Gasteiger partial charge in [0.2, 0.25) is 0 Å². The summed E-state index contributed by atoms with van der Waals surface area (Å²) in [6.45, 7) is 5.57. The number of anilines is 1. The van der Waals surface area contributed by atoms with Crippen LogP contribution < -0.4 is 11.1 Å². The predicted octanol–water partition coefficient (Wildman–Crippen LogP) is 2.93. The van der Waals surface area contributed by atoms with Crippen molar-refractivity contribution in [2.75, 3.05) is 18.4 Å². The van der Waals surface area contributed by atoms with Crippen LogP contribution in [0, 0.1) is 5.41 Å². The van der Waals surface area contributed by atoms with Gasteiger partial charge in [-0.2, -0.15) is 0 Å². The molecule has 4 nitrogen and oxygen atoms in total. The quantitative estimate of drug-likeness (QED) is 0.831. The molecular weight excluding hydrogens is 262 g/mol. The SMILES string of the molecule is CC1(C)CN(C(=O)Nc2ccc(Cl)cc2)CCC1N. The Morgan fingerprint density at radius 2 is 2.05 bits per heavy atom. The fraction of sp³-hybridized carbons (Fsp3) is 0.500. The minimum Gasteiger partial charge on any atom is -0.327 e. The second-order valence-corrected chi connectivity index (χ2v) is 6.18. The largest absolute Gasteiger partial charge is 0.327 e. The summed E-state index contributed by atoms with van der Waals surface area (Å²) < 4.78 is 0. The Hall–Kier alpha value is -1.26. The fourth-order valence-electron chi connectivity index (χ4n) is 2.28. The van der Waals surface area contributed by atoms with Gasteiger partial charge < -0.3 is 16.0 Å². The number of nitrogens with zero attached hydrogens (tertiary/aromatic N) is 1. The molecule has 19 heavy (non-hydrogen) atoms. The number of halogens is 1. The van der Waals surface area contributed by atoms with Crippen LogP contribution in [0.1, 0.15) is 20.3 Å². The van der Waals surface area contributed by atoms with Gasteiger partial charge in [0, 0.05) is 29.8 Å². The van der Waals surface area contributed by atoms with Crippen LogP contribution in [0.15, 0.2) is 24.3 Å². The summed E-state index contributed by atoms with van der Waals surface area (Å²) in [4.78, 5) is 14.0. The lowest BCUT2D eigenvalue weighted by atomic mass is 9.80. The van der Waals surface area contributed by atoms with Crippen molar-refractivity contribution in [2.45, 2.75) is 26.3 Å². The number of hydrogen-bond donors (Lipinski definition) is 2. The first-order valence-electron chi connectivity index (χ1n) is 6.45. The average Bonchev–Trinajstić information content (AvgIpc) is 2.35. The maximum Gasteiger partial charge on any atom is 0.321 e. The van der Waals surface area contributed by atoms with Crippen molar-refractivity contribution in [3.05, 3.63) is 29.3 Å². The Labute approximate surface area is 118 Å². The van der Waals surface area contributed by atoms with Gasteiger partial charge in [-0.1, -0.05) is 25.4 Å². The zero-order valence-electron chi connectivity index (χ0n) is 11.3. The molecule has 1 unspecified atom stereocenters. The van der Waals surface area contributed by atoms with Crippen molar-refractivity contribution in [3.63, 3.8) is 0 Å². The molecular formula is C14H20ClN3O. The Kier molecular flexibility index (Phi) is 4.02. The highest BCUT2D eigenvalue weighted by Gasteiger charge is 2.35. The lowest BCUT2D eigenvalue weighted by Crippen LogP contribution is -2.54. The zero-order chi connectivity index (χ0) is 14.0. The average molecular weight is 282 g/mol. The van der Waals surface area contributed by atoms with E-state index >= 15 is 0 Å². The predicted molar refractivity (Wildman–Crippen MR) is 78.4 cm³/mol. The van der Waals surface area contributed by atoms with Crippen molar-refractivity contribution in [2.24, 2.45) is 11.1 Å². The van der Waals surface area contributed by atoms with Crippen LogP contribution in [0.5, 0.6) is 0 Å². The molecule has 5 heteroatoms. The molecule has 104 valence electrons. The van der Waals surface area contributed by atoms with E-state index in [2.05, 4.69) is 19.2 Å². The van der Waals surface area contributed by atoms with Crippen LogP contribution in [0.4, 0.5) is 10.5 Å². The number of benzene rings is 1. The summed E-state index contributed by atoms with van der Waals surface area (Å²) in [5.74, 6) is 0. The van der Waals surface area contributed by atoms with E-state index in [1.807, 2.05) is 4.90 Å². The van der Waals surface area contributed by atoms with Crippen molar-refractivity contribution in [1.82, 2.24) is 4.90 Å². The number of nitrogens with one attached hydrogen (secondary N) is 1. The summed E-state index contributed by atoms with van der Waals surface area (Å²) in [7, 11) is 0. The molecule has 0 saturated carbocycles. The monoisotopic (exact) mass is 281 g/mol. The standard InChI is InChI=1S/C14H20ClN3O/c1-14(2)9-18(8-7-12(14)16)13(19)17-11-5-3-10(15)4-6-11/h3-6,12H,7-9,16H2,1-2H3,(H,17,19). The Bertz CT molecular complexity index is 458. The summed E-state index contributed by atoms with van der Waals surface area (Å²) in [5.41, 5.74) is 6.78. The third-order valence-corrected chi connectivity index (χ3v) is 3.95. The molecule has 1 aromatic rings. The van der Waals surface area contributed by atoms with Crippen LogP contribution in [-0.4, -0.2) is 30.1 Å². The van der Waals surface area contributed by atoms with Gasteiger partial charge in [-0.25, -0.2) is 4.79 Å². The number of likely N-dealkylation sites (tertiary alicyclic amines) is 1. The number of nitrogens with two attached hydrogens (primary N) is 1. The molecule has 1 atom stereocenters. The lowest BCUT2D eigenvalue weighted by Gasteiger charge is -2.42. The van der Waals surface area contributed by atoms with Gasteiger partial charge in [-0.3, -0.25) is 0 Å². The van der Waals surface area contributed by atoms with Gasteiger partial charge in [-0.05, 0) is 36.1 Å². The van der Waals surface area contributed by atoms with Crippen LogP contribution in [0.25, 0.3) is 0 Å². The smallest absolute Gasteiger partial charge is 0.321 e. The number of urea groups is 1. The Morgan fingerprint density at radius 3 is 2.63 bits per heavy atom. The van der Waals surface area contributed by atoms with Gasteiger partial charge >= 0.3 is 6.03 Å². The van der Waals surface area contributed by atoms with E-state index in [4.69, 9.17) is 17.3 Å². The van der Waals surface area contributed by atoms with Crippen molar-refractivity contribution in [3.8, 4) is 0 Å². The molecule has 0 radical (unpaired) electrons. The second-order valence-electron chi connectivity index (χ2n) is 5.74. The third kappa shape index (κ3) is 3.39. The minimum absolute atomic E-state index is 0.0460. The Morgan fingerprint density at radius 1 is 1.42 bits per heavy atom. The number of piperidine rings is 1. The normalized spacial score (nSPS) is 22.1. The second kappa shape index (κ2) is 5.39.